The summed E-state index contributed by atoms with van der Waals surface area (Å²) in [6, 6.07) is -0.537. The highest BCUT2D eigenvalue weighted by molar-refractivity contribution is 5.76. The van der Waals surface area contributed by atoms with Crippen molar-refractivity contribution in [1.29, 1.82) is 0 Å². The second-order valence-corrected chi connectivity index (χ2v) is 30.2. The van der Waals surface area contributed by atoms with Gasteiger partial charge >= 0.3 is 5.97 Å². The molecular weight excluding hydrogens is 1130 g/mol. The van der Waals surface area contributed by atoms with Gasteiger partial charge in [-0.25, -0.2) is 0 Å². The zero-order chi connectivity index (χ0) is 66.3. The summed E-state index contributed by atoms with van der Waals surface area (Å²) in [4.78, 5) is 24.7. The molecule has 0 heterocycles. The molecule has 0 aromatic rings. The maximum absolute atomic E-state index is 12.6. The molecule has 92 heavy (non-hydrogen) atoms. The molecule has 0 saturated heterocycles. The molecule has 0 saturated carbocycles. The van der Waals surface area contributed by atoms with Crippen LogP contribution in [0.25, 0.3) is 0 Å². The largest absolute Gasteiger partial charge is 0.466 e. The Labute approximate surface area is 578 Å². The zero-order valence-electron chi connectivity index (χ0n) is 63.3. The van der Waals surface area contributed by atoms with Crippen molar-refractivity contribution in [3.8, 4) is 0 Å². The minimum Gasteiger partial charge on any atom is -0.466 e. The number of unbranched alkanes of at least 4 members (excludes halogenated alkanes) is 72. The molecule has 0 aromatic carbocycles. The van der Waals surface area contributed by atoms with Gasteiger partial charge in [-0.3, -0.25) is 9.59 Å². The monoisotopic (exact) mass is 1300 g/mol. The first-order valence-electron chi connectivity index (χ1n) is 43.3. The third-order valence-electron chi connectivity index (χ3n) is 20.9. The fourth-order valence-corrected chi connectivity index (χ4v) is 14.4. The lowest BCUT2D eigenvalue weighted by Gasteiger charge is -2.22. The smallest absolute Gasteiger partial charge is 0.305 e. The highest BCUT2D eigenvalue weighted by Gasteiger charge is 2.20. The summed E-state index contributed by atoms with van der Waals surface area (Å²) in [6.45, 7) is 5.03. The fourth-order valence-electron chi connectivity index (χ4n) is 14.4. The van der Waals surface area contributed by atoms with Crippen molar-refractivity contribution in [2.75, 3.05) is 13.2 Å². The van der Waals surface area contributed by atoms with Crippen molar-refractivity contribution >= 4 is 11.9 Å². The van der Waals surface area contributed by atoms with Crippen LogP contribution in [0.3, 0.4) is 0 Å². The predicted molar refractivity (Wildman–Crippen MR) is 407 cm³/mol. The highest BCUT2D eigenvalue weighted by atomic mass is 16.5. The van der Waals surface area contributed by atoms with Crippen molar-refractivity contribution in [3.63, 3.8) is 0 Å². The van der Waals surface area contributed by atoms with E-state index in [1.165, 1.54) is 443 Å². The van der Waals surface area contributed by atoms with Gasteiger partial charge in [-0.05, 0) is 25.7 Å². The number of hydrogen-bond donors (Lipinski definition) is 3. The van der Waals surface area contributed by atoms with Gasteiger partial charge in [0.25, 0.3) is 0 Å². The molecular formula is C86H171NO5. The summed E-state index contributed by atoms with van der Waals surface area (Å²) in [5.41, 5.74) is 0. The number of carbonyl (C=O) groups is 2. The van der Waals surface area contributed by atoms with Gasteiger partial charge in [0.05, 0.1) is 25.4 Å². The molecule has 2 atom stereocenters. The molecule has 3 N–H and O–H groups in total. The standard InChI is InChI=1S/C86H171NO5/c1-3-5-7-9-11-13-15-17-19-21-23-43-46-50-54-58-62-66-70-74-78-84(89)83(82-88)87-85(90)79-75-71-67-63-59-55-51-47-44-41-39-37-35-33-31-29-27-25-24-26-28-30-32-34-36-38-40-42-45-49-53-57-61-65-69-73-77-81-92-86(91)80-76-72-68-64-60-56-52-48-22-20-18-16-14-12-10-8-6-4-2/h83-84,88-89H,3-82H2,1-2H3,(H,87,90). The Balaban J connectivity index is 3.28. The molecule has 0 radical (unpaired) electrons. The Morgan fingerprint density at radius 1 is 0.261 bits per heavy atom. The van der Waals surface area contributed by atoms with Crippen LogP contribution in [0.15, 0.2) is 0 Å². The van der Waals surface area contributed by atoms with Crippen molar-refractivity contribution < 1.29 is 24.5 Å². The maximum Gasteiger partial charge on any atom is 0.305 e. The van der Waals surface area contributed by atoms with E-state index in [1.54, 1.807) is 0 Å². The lowest BCUT2D eigenvalue weighted by molar-refractivity contribution is -0.143. The van der Waals surface area contributed by atoms with Gasteiger partial charge in [-0.1, -0.05) is 476 Å². The first-order valence-corrected chi connectivity index (χ1v) is 43.3. The summed E-state index contributed by atoms with van der Waals surface area (Å²) in [5, 5.41) is 23.5. The molecule has 0 aromatic heterocycles. The zero-order valence-corrected chi connectivity index (χ0v) is 63.3. The SMILES string of the molecule is CCCCCCCCCCCCCCCCCCCCCCC(O)C(CO)NC(=O)CCCCCCCCCCCCCCCCCCCCCCCCCCCCCCCCCCCCCCCOC(=O)CCCCCCCCCCCCCCCCCCCC. The minimum absolute atomic E-state index is 0.0230. The molecule has 2 unspecified atom stereocenters. The van der Waals surface area contributed by atoms with Crippen LogP contribution in [0, 0.1) is 0 Å². The minimum atomic E-state index is -0.660. The molecule has 0 spiro atoms. The van der Waals surface area contributed by atoms with Gasteiger partial charge in [0.2, 0.25) is 5.91 Å². The first-order chi connectivity index (χ1) is 45.5. The Hall–Kier alpha value is -1.14. The lowest BCUT2D eigenvalue weighted by atomic mass is 10.0. The Bertz CT molecular complexity index is 1360. The number of aliphatic hydroxyl groups excluding tert-OH is 2. The quantitative estimate of drug-likeness (QED) is 0.0417. The predicted octanol–water partition coefficient (Wildman–Crippen LogP) is 28.8. The number of carbonyl (C=O) groups excluding carboxylic acids is 2. The third kappa shape index (κ3) is 77.9. The molecule has 6 heteroatoms. The van der Waals surface area contributed by atoms with Crippen LogP contribution in [0.2, 0.25) is 0 Å². The number of rotatable bonds is 83. The van der Waals surface area contributed by atoms with Crippen LogP contribution < -0.4 is 5.32 Å². The average Bonchev–Trinajstić information content (AvgIpc) is 3.40. The van der Waals surface area contributed by atoms with Gasteiger partial charge < -0.3 is 20.3 Å². The Kier molecular flexibility index (Phi) is 81.3. The van der Waals surface area contributed by atoms with Crippen molar-refractivity contribution in [2.24, 2.45) is 0 Å². The van der Waals surface area contributed by atoms with Gasteiger partial charge in [-0.15, -0.1) is 0 Å². The average molecular weight is 1300 g/mol. The van der Waals surface area contributed by atoms with Crippen LogP contribution in [0.5, 0.6) is 0 Å². The number of ether oxygens (including phenoxy) is 1. The Morgan fingerprint density at radius 2 is 0.446 bits per heavy atom. The third-order valence-corrected chi connectivity index (χ3v) is 20.9. The van der Waals surface area contributed by atoms with Crippen LogP contribution in [-0.2, 0) is 14.3 Å². The van der Waals surface area contributed by atoms with E-state index >= 15 is 0 Å². The number of aliphatic hydroxyl groups is 2. The van der Waals surface area contributed by atoms with E-state index in [-0.39, 0.29) is 18.5 Å². The van der Waals surface area contributed by atoms with Gasteiger partial charge in [0.15, 0.2) is 0 Å². The van der Waals surface area contributed by atoms with E-state index in [1.807, 2.05) is 0 Å². The molecule has 550 valence electrons. The van der Waals surface area contributed by atoms with E-state index in [9.17, 15) is 19.8 Å². The number of nitrogens with one attached hydrogen (secondary N) is 1. The van der Waals surface area contributed by atoms with Crippen molar-refractivity contribution in [2.45, 2.75) is 527 Å². The lowest BCUT2D eigenvalue weighted by Crippen LogP contribution is -2.45. The van der Waals surface area contributed by atoms with E-state index in [4.69, 9.17) is 4.74 Å². The molecule has 0 rings (SSSR count). The van der Waals surface area contributed by atoms with Gasteiger partial charge in [0.1, 0.15) is 0 Å². The van der Waals surface area contributed by atoms with Gasteiger partial charge in [-0.2, -0.15) is 0 Å². The second kappa shape index (κ2) is 82.3. The maximum atomic E-state index is 12.6. The number of hydrogen-bond acceptors (Lipinski definition) is 5. The topological polar surface area (TPSA) is 95.9 Å². The summed E-state index contributed by atoms with van der Waals surface area (Å²) < 4.78 is 5.53. The molecule has 0 fully saturated rings. The Morgan fingerprint density at radius 3 is 0.663 bits per heavy atom. The summed E-state index contributed by atoms with van der Waals surface area (Å²) in [7, 11) is 0. The van der Waals surface area contributed by atoms with E-state index < -0.39 is 12.1 Å². The summed E-state index contributed by atoms with van der Waals surface area (Å²) in [5.74, 6) is 0.00648. The van der Waals surface area contributed by atoms with E-state index in [2.05, 4.69) is 19.2 Å². The van der Waals surface area contributed by atoms with Crippen LogP contribution >= 0.6 is 0 Å². The molecule has 0 aliphatic carbocycles. The van der Waals surface area contributed by atoms with Crippen LogP contribution in [-0.4, -0.2) is 47.4 Å². The van der Waals surface area contributed by atoms with E-state index in [0.29, 0.717) is 25.9 Å². The summed E-state index contributed by atoms with van der Waals surface area (Å²) in [6.07, 6.45) is 104. The number of amides is 1. The molecule has 6 nitrogen and oxygen atoms in total. The second-order valence-electron chi connectivity index (χ2n) is 30.2. The van der Waals surface area contributed by atoms with Crippen molar-refractivity contribution in [3.05, 3.63) is 0 Å². The van der Waals surface area contributed by atoms with Crippen LogP contribution in [0.1, 0.15) is 515 Å². The molecule has 0 aliphatic heterocycles. The molecule has 1 amide bonds. The van der Waals surface area contributed by atoms with Gasteiger partial charge in [0, 0.05) is 12.8 Å². The fraction of sp³-hybridized carbons (Fsp3) is 0.977. The molecule has 0 aliphatic rings. The van der Waals surface area contributed by atoms with E-state index in [0.717, 1.165) is 38.5 Å². The van der Waals surface area contributed by atoms with Crippen LogP contribution in [0.4, 0.5) is 0 Å². The highest BCUT2D eigenvalue weighted by Crippen LogP contribution is 2.21. The van der Waals surface area contributed by atoms with Crippen molar-refractivity contribution in [1.82, 2.24) is 5.32 Å². The molecule has 0 bridgehead atoms. The first kappa shape index (κ1) is 90.9. The summed E-state index contributed by atoms with van der Waals surface area (Å²) >= 11 is 0. The normalized spacial score (nSPS) is 12.3. The number of esters is 1.